The molecule has 0 saturated heterocycles. The Kier molecular flexibility index (Phi) is 5.12. The Hall–Kier alpha value is -2.05. The van der Waals surface area contributed by atoms with Crippen molar-refractivity contribution >= 4 is 12.0 Å². The molecule has 0 fully saturated rings. The van der Waals surface area contributed by atoms with Gasteiger partial charge in [-0.2, -0.15) is 13.2 Å². The standard InChI is InChI=1S/C13H12F4O3/c1-3-20-10(18)7-5-8-4-6-9(19-2)11(12(8)14)13(15,16)17/h4-7H,3H2,1-2H3/b7-5-. The van der Waals surface area contributed by atoms with Crippen LogP contribution in [0.4, 0.5) is 17.6 Å². The highest BCUT2D eigenvalue weighted by Crippen LogP contribution is 2.39. The second-order valence-corrected chi connectivity index (χ2v) is 3.63. The van der Waals surface area contributed by atoms with Crippen molar-refractivity contribution in [2.24, 2.45) is 0 Å². The van der Waals surface area contributed by atoms with Crippen LogP contribution in [0.15, 0.2) is 18.2 Å². The zero-order valence-electron chi connectivity index (χ0n) is 10.8. The number of ether oxygens (including phenoxy) is 2. The maximum atomic E-state index is 13.8. The number of halogens is 4. The molecule has 0 aromatic heterocycles. The molecule has 0 aliphatic rings. The predicted octanol–water partition coefficient (Wildman–Crippen LogP) is 3.43. The van der Waals surface area contributed by atoms with E-state index in [1.54, 1.807) is 6.92 Å². The number of esters is 1. The fourth-order valence-corrected chi connectivity index (χ4v) is 1.49. The molecule has 1 aromatic rings. The molecule has 3 nitrogen and oxygen atoms in total. The smallest absolute Gasteiger partial charge is 0.422 e. The molecule has 0 heterocycles. The molecule has 0 unspecified atom stereocenters. The third-order valence-electron chi connectivity index (χ3n) is 2.32. The Bertz CT molecular complexity index is 521. The van der Waals surface area contributed by atoms with Crippen molar-refractivity contribution in [3.63, 3.8) is 0 Å². The normalized spacial score (nSPS) is 11.7. The summed E-state index contributed by atoms with van der Waals surface area (Å²) >= 11 is 0. The first-order valence-electron chi connectivity index (χ1n) is 5.59. The number of alkyl halides is 3. The van der Waals surface area contributed by atoms with E-state index in [2.05, 4.69) is 9.47 Å². The first-order chi connectivity index (χ1) is 9.31. The fraction of sp³-hybridized carbons (Fsp3) is 0.308. The Morgan fingerprint density at radius 3 is 2.50 bits per heavy atom. The molecule has 1 aromatic carbocycles. The molecule has 1 rings (SSSR count). The summed E-state index contributed by atoms with van der Waals surface area (Å²) in [5.41, 5.74) is -1.89. The van der Waals surface area contributed by atoms with E-state index in [9.17, 15) is 22.4 Å². The van der Waals surface area contributed by atoms with Crippen LogP contribution in [-0.2, 0) is 15.7 Å². The Morgan fingerprint density at radius 2 is 2.00 bits per heavy atom. The lowest BCUT2D eigenvalue weighted by Gasteiger charge is -2.14. The van der Waals surface area contributed by atoms with E-state index in [1.807, 2.05) is 0 Å². The average molecular weight is 292 g/mol. The summed E-state index contributed by atoms with van der Waals surface area (Å²) in [5, 5.41) is 0. The number of benzene rings is 1. The summed E-state index contributed by atoms with van der Waals surface area (Å²) in [7, 11) is 1.01. The second-order valence-electron chi connectivity index (χ2n) is 3.63. The monoisotopic (exact) mass is 292 g/mol. The van der Waals surface area contributed by atoms with E-state index in [4.69, 9.17) is 0 Å². The fourth-order valence-electron chi connectivity index (χ4n) is 1.49. The lowest BCUT2D eigenvalue weighted by Crippen LogP contribution is -2.11. The van der Waals surface area contributed by atoms with Gasteiger partial charge in [-0.25, -0.2) is 9.18 Å². The summed E-state index contributed by atoms with van der Waals surface area (Å²) in [4.78, 5) is 11.1. The number of methoxy groups -OCH3 is 1. The van der Waals surface area contributed by atoms with Gasteiger partial charge in [0.1, 0.15) is 17.1 Å². The highest BCUT2D eigenvalue weighted by Gasteiger charge is 2.38. The van der Waals surface area contributed by atoms with E-state index >= 15 is 0 Å². The first kappa shape index (κ1) is 16.0. The summed E-state index contributed by atoms with van der Waals surface area (Å²) in [6, 6.07) is 2.07. The summed E-state index contributed by atoms with van der Waals surface area (Å²) in [6.45, 7) is 1.68. The molecule has 0 amide bonds. The molecule has 0 radical (unpaired) electrons. The minimum Gasteiger partial charge on any atom is -0.496 e. The quantitative estimate of drug-likeness (QED) is 0.484. The maximum absolute atomic E-state index is 13.8. The van der Waals surface area contributed by atoms with Crippen LogP contribution in [0, 0.1) is 5.82 Å². The zero-order valence-corrected chi connectivity index (χ0v) is 10.8. The molecule has 0 atom stereocenters. The molecule has 0 aliphatic heterocycles. The number of rotatable bonds is 4. The summed E-state index contributed by atoms with van der Waals surface area (Å²) in [5.74, 6) is -2.89. The highest BCUT2D eigenvalue weighted by atomic mass is 19.4. The van der Waals surface area contributed by atoms with Crippen LogP contribution in [0.3, 0.4) is 0 Å². The van der Waals surface area contributed by atoms with Crippen LogP contribution in [0.2, 0.25) is 0 Å². The van der Waals surface area contributed by atoms with Gasteiger partial charge in [0, 0.05) is 11.6 Å². The number of hydrogen-bond donors (Lipinski definition) is 0. The molecule has 110 valence electrons. The number of carbonyl (C=O) groups is 1. The first-order valence-corrected chi connectivity index (χ1v) is 5.59. The van der Waals surface area contributed by atoms with Crippen LogP contribution >= 0.6 is 0 Å². The second kappa shape index (κ2) is 6.40. The van der Waals surface area contributed by atoms with E-state index < -0.39 is 29.3 Å². The zero-order chi connectivity index (χ0) is 15.3. The SMILES string of the molecule is CCOC(=O)/C=C\c1ccc(OC)c(C(F)(F)F)c1F. The van der Waals surface area contributed by atoms with Gasteiger partial charge in [-0.1, -0.05) is 0 Å². The molecule has 0 N–H and O–H groups in total. The maximum Gasteiger partial charge on any atom is 0.422 e. The van der Waals surface area contributed by atoms with Gasteiger partial charge in [-0.15, -0.1) is 0 Å². The van der Waals surface area contributed by atoms with Crippen molar-refractivity contribution in [1.29, 1.82) is 0 Å². The Morgan fingerprint density at radius 1 is 1.35 bits per heavy atom. The van der Waals surface area contributed by atoms with Gasteiger partial charge in [-0.05, 0) is 25.1 Å². The molecule has 7 heteroatoms. The van der Waals surface area contributed by atoms with Crippen molar-refractivity contribution in [2.45, 2.75) is 13.1 Å². The lowest BCUT2D eigenvalue weighted by atomic mass is 10.1. The Labute approximate surface area is 112 Å². The topological polar surface area (TPSA) is 35.5 Å². The molecule has 20 heavy (non-hydrogen) atoms. The van der Waals surface area contributed by atoms with Gasteiger partial charge >= 0.3 is 12.1 Å². The van der Waals surface area contributed by atoms with Gasteiger partial charge in [0.25, 0.3) is 0 Å². The molecular formula is C13H12F4O3. The van der Waals surface area contributed by atoms with Crippen LogP contribution in [0.1, 0.15) is 18.1 Å². The molecule has 0 bridgehead atoms. The third kappa shape index (κ3) is 3.72. The summed E-state index contributed by atoms with van der Waals surface area (Å²) in [6.07, 6.45) is -3.13. The average Bonchev–Trinajstić information content (AvgIpc) is 2.35. The van der Waals surface area contributed by atoms with Crippen molar-refractivity contribution < 1.29 is 31.8 Å². The van der Waals surface area contributed by atoms with Crippen LogP contribution < -0.4 is 4.74 Å². The van der Waals surface area contributed by atoms with Gasteiger partial charge in [0.2, 0.25) is 0 Å². The minimum absolute atomic E-state index is 0.113. The van der Waals surface area contributed by atoms with E-state index in [0.29, 0.717) is 0 Å². The predicted molar refractivity (Wildman–Crippen MR) is 63.6 cm³/mol. The molecule has 0 saturated carbocycles. The van der Waals surface area contributed by atoms with Gasteiger partial charge in [0.15, 0.2) is 0 Å². The van der Waals surface area contributed by atoms with Gasteiger partial charge in [-0.3, -0.25) is 0 Å². The minimum atomic E-state index is -4.90. The molecular weight excluding hydrogens is 280 g/mol. The summed E-state index contributed by atoms with van der Waals surface area (Å²) < 4.78 is 61.2. The van der Waals surface area contributed by atoms with Crippen molar-refractivity contribution in [2.75, 3.05) is 13.7 Å². The van der Waals surface area contributed by atoms with E-state index in [-0.39, 0.29) is 12.2 Å². The largest absolute Gasteiger partial charge is 0.496 e. The van der Waals surface area contributed by atoms with Crippen molar-refractivity contribution in [3.8, 4) is 5.75 Å². The highest BCUT2D eigenvalue weighted by molar-refractivity contribution is 5.87. The van der Waals surface area contributed by atoms with Crippen molar-refractivity contribution in [3.05, 3.63) is 35.2 Å². The van der Waals surface area contributed by atoms with E-state index in [0.717, 1.165) is 31.4 Å². The van der Waals surface area contributed by atoms with Gasteiger partial charge < -0.3 is 9.47 Å². The van der Waals surface area contributed by atoms with Crippen LogP contribution in [0.5, 0.6) is 5.75 Å². The van der Waals surface area contributed by atoms with Gasteiger partial charge in [0.05, 0.1) is 13.7 Å². The van der Waals surface area contributed by atoms with E-state index in [1.165, 1.54) is 0 Å². The lowest BCUT2D eigenvalue weighted by molar-refractivity contribution is -0.141. The van der Waals surface area contributed by atoms with Crippen molar-refractivity contribution in [1.82, 2.24) is 0 Å². The van der Waals surface area contributed by atoms with Crippen LogP contribution in [-0.4, -0.2) is 19.7 Å². The number of carbonyl (C=O) groups excluding carboxylic acids is 1. The van der Waals surface area contributed by atoms with Crippen LogP contribution in [0.25, 0.3) is 6.08 Å². The number of hydrogen-bond acceptors (Lipinski definition) is 3. The Balaban J connectivity index is 3.21. The third-order valence-corrected chi connectivity index (χ3v) is 2.32. The molecule has 0 spiro atoms. The molecule has 0 aliphatic carbocycles.